The number of amides is 1. The molecular formula is C22H18FN3O5. The van der Waals surface area contributed by atoms with Gasteiger partial charge in [0.2, 0.25) is 5.91 Å². The Morgan fingerprint density at radius 2 is 2.10 bits per heavy atom. The number of halogens is 1. The van der Waals surface area contributed by atoms with Crippen molar-refractivity contribution in [3.8, 4) is 11.4 Å². The Morgan fingerprint density at radius 1 is 1.32 bits per heavy atom. The third-order valence-electron chi connectivity index (χ3n) is 5.91. The van der Waals surface area contributed by atoms with Crippen molar-refractivity contribution in [2.45, 2.75) is 39.0 Å². The van der Waals surface area contributed by atoms with Crippen molar-refractivity contribution in [3.63, 3.8) is 0 Å². The van der Waals surface area contributed by atoms with Gasteiger partial charge in [0, 0.05) is 29.5 Å². The van der Waals surface area contributed by atoms with E-state index in [-0.39, 0.29) is 41.9 Å². The van der Waals surface area contributed by atoms with Gasteiger partial charge in [-0.2, -0.15) is 0 Å². The van der Waals surface area contributed by atoms with Crippen molar-refractivity contribution in [1.29, 1.82) is 0 Å². The highest BCUT2D eigenvalue weighted by Gasteiger charge is 2.45. The number of carbonyl (C=O) groups is 2. The molecule has 0 radical (unpaired) electrons. The maximum Gasteiger partial charge on any atom is 0.343 e. The first-order valence-electron chi connectivity index (χ1n) is 9.81. The molecule has 1 atom stereocenters. The summed E-state index contributed by atoms with van der Waals surface area (Å²) >= 11 is 0. The lowest BCUT2D eigenvalue weighted by atomic mass is 9.86. The molecule has 4 heterocycles. The zero-order valence-electron chi connectivity index (χ0n) is 16.8. The van der Waals surface area contributed by atoms with Crippen molar-refractivity contribution in [1.82, 2.24) is 9.55 Å². The molecule has 9 heteroatoms. The molecule has 2 aliphatic heterocycles. The van der Waals surface area contributed by atoms with E-state index in [4.69, 9.17) is 4.74 Å². The Bertz CT molecular complexity index is 1380. The van der Waals surface area contributed by atoms with E-state index in [0.29, 0.717) is 22.3 Å². The number of pyridine rings is 2. The number of esters is 1. The normalized spacial score (nSPS) is 18.9. The highest BCUT2D eigenvalue weighted by molar-refractivity contribution is 5.93. The van der Waals surface area contributed by atoms with Crippen molar-refractivity contribution >= 4 is 28.5 Å². The molecule has 5 rings (SSSR count). The molecule has 0 aliphatic carbocycles. The van der Waals surface area contributed by atoms with Gasteiger partial charge in [0.15, 0.2) is 5.60 Å². The van der Waals surface area contributed by atoms with E-state index in [2.05, 4.69) is 10.3 Å². The number of hydrogen-bond acceptors (Lipinski definition) is 6. The van der Waals surface area contributed by atoms with Gasteiger partial charge in [-0.3, -0.25) is 9.59 Å². The summed E-state index contributed by atoms with van der Waals surface area (Å²) in [5.41, 5.74) is 0.279. The largest absolute Gasteiger partial charge is 0.458 e. The smallest absolute Gasteiger partial charge is 0.343 e. The quantitative estimate of drug-likeness (QED) is 0.478. The van der Waals surface area contributed by atoms with Crippen LogP contribution in [0.1, 0.15) is 37.0 Å². The molecule has 158 valence electrons. The number of aliphatic hydroxyl groups is 1. The molecule has 1 aromatic carbocycles. The SMILES string of the molecule is CC[C@@]1(O)C(=O)OCc2c1cc1n(c2=O)Cc2cc3cc(NC(C)=O)c(F)cc3nc2-1. The minimum Gasteiger partial charge on any atom is -0.458 e. The van der Waals surface area contributed by atoms with Crippen LogP contribution < -0.4 is 10.9 Å². The number of fused-ring (bicyclic) bond motifs is 5. The first kappa shape index (κ1) is 19.4. The van der Waals surface area contributed by atoms with E-state index < -0.39 is 23.3 Å². The van der Waals surface area contributed by atoms with Crippen LogP contribution in [0.4, 0.5) is 10.1 Å². The summed E-state index contributed by atoms with van der Waals surface area (Å²) in [6, 6.07) is 6.12. The van der Waals surface area contributed by atoms with Crippen LogP contribution in [-0.2, 0) is 33.1 Å². The molecule has 1 amide bonds. The second kappa shape index (κ2) is 6.45. The lowest BCUT2D eigenvalue weighted by Gasteiger charge is -2.31. The van der Waals surface area contributed by atoms with Crippen LogP contribution in [0.3, 0.4) is 0 Å². The fourth-order valence-corrected chi connectivity index (χ4v) is 4.29. The molecule has 31 heavy (non-hydrogen) atoms. The van der Waals surface area contributed by atoms with Crippen molar-refractivity contribution < 1.29 is 23.8 Å². The number of rotatable bonds is 2. The fourth-order valence-electron chi connectivity index (χ4n) is 4.29. The van der Waals surface area contributed by atoms with Gasteiger partial charge in [-0.25, -0.2) is 14.2 Å². The lowest BCUT2D eigenvalue weighted by Crippen LogP contribution is -2.44. The highest BCUT2D eigenvalue weighted by Crippen LogP contribution is 2.39. The van der Waals surface area contributed by atoms with Gasteiger partial charge < -0.3 is 19.7 Å². The lowest BCUT2D eigenvalue weighted by molar-refractivity contribution is -0.172. The third-order valence-corrected chi connectivity index (χ3v) is 5.91. The van der Waals surface area contributed by atoms with Gasteiger partial charge in [0.25, 0.3) is 5.56 Å². The number of hydrogen-bond donors (Lipinski definition) is 2. The standard InChI is InChI=1S/C22H18FN3O5/c1-3-22(30)14-6-18-19-12(8-26(18)20(28)13(14)9-31-21(22)29)4-11-5-17(24-10(2)27)15(23)7-16(11)25-19/h4-7,30H,3,8-9H2,1-2H3,(H,24,27)/t22-/m0/s1. The van der Waals surface area contributed by atoms with E-state index in [1.807, 2.05) is 0 Å². The molecule has 0 unspecified atom stereocenters. The van der Waals surface area contributed by atoms with Gasteiger partial charge in [-0.15, -0.1) is 0 Å². The predicted octanol–water partition coefficient (Wildman–Crippen LogP) is 2.18. The molecule has 2 aromatic heterocycles. The Kier molecular flexibility index (Phi) is 4.03. The number of cyclic esters (lactones) is 1. The Morgan fingerprint density at radius 3 is 2.81 bits per heavy atom. The molecule has 0 saturated heterocycles. The minimum absolute atomic E-state index is 0.0496. The van der Waals surface area contributed by atoms with Crippen LogP contribution in [0.25, 0.3) is 22.3 Å². The van der Waals surface area contributed by atoms with Gasteiger partial charge in [-0.05, 0) is 24.6 Å². The monoisotopic (exact) mass is 423 g/mol. The highest BCUT2D eigenvalue weighted by atomic mass is 19.1. The maximum absolute atomic E-state index is 14.4. The maximum atomic E-state index is 14.4. The summed E-state index contributed by atoms with van der Waals surface area (Å²) in [5, 5.41) is 13.9. The van der Waals surface area contributed by atoms with Crippen LogP contribution in [0.2, 0.25) is 0 Å². The van der Waals surface area contributed by atoms with Crippen molar-refractivity contribution in [3.05, 3.63) is 57.1 Å². The van der Waals surface area contributed by atoms with E-state index in [1.165, 1.54) is 23.6 Å². The molecule has 0 saturated carbocycles. The van der Waals surface area contributed by atoms with Crippen LogP contribution in [0.5, 0.6) is 0 Å². The number of ether oxygens (including phenoxy) is 1. The Balaban J connectivity index is 1.72. The topological polar surface area (TPSA) is 111 Å². The third kappa shape index (κ3) is 2.70. The molecule has 2 N–H and O–H groups in total. The number of anilines is 1. The average Bonchev–Trinajstić information content (AvgIpc) is 3.08. The number of carbonyl (C=O) groups excluding carboxylic acids is 2. The summed E-state index contributed by atoms with van der Waals surface area (Å²) in [6.45, 7) is 2.97. The number of nitrogens with zero attached hydrogens (tertiary/aromatic N) is 2. The fraction of sp³-hybridized carbons (Fsp3) is 0.273. The second-order valence-electron chi connectivity index (χ2n) is 7.81. The average molecular weight is 423 g/mol. The van der Waals surface area contributed by atoms with Crippen LogP contribution in [0.15, 0.2) is 29.1 Å². The number of benzene rings is 1. The van der Waals surface area contributed by atoms with Crippen LogP contribution >= 0.6 is 0 Å². The Labute approximate surface area is 175 Å². The van der Waals surface area contributed by atoms with E-state index in [1.54, 1.807) is 19.1 Å². The van der Waals surface area contributed by atoms with Crippen LogP contribution in [0, 0.1) is 5.82 Å². The number of nitrogens with one attached hydrogen (secondary N) is 1. The first-order chi connectivity index (χ1) is 14.7. The summed E-state index contributed by atoms with van der Waals surface area (Å²) < 4.78 is 21.0. The zero-order chi connectivity index (χ0) is 22.1. The number of aromatic nitrogens is 2. The molecule has 8 nitrogen and oxygen atoms in total. The van der Waals surface area contributed by atoms with Crippen molar-refractivity contribution in [2.24, 2.45) is 0 Å². The summed E-state index contributed by atoms with van der Waals surface area (Å²) in [4.78, 5) is 41.2. The summed E-state index contributed by atoms with van der Waals surface area (Å²) in [7, 11) is 0. The van der Waals surface area contributed by atoms with Crippen molar-refractivity contribution in [2.75, 3.05) is 5.32 Å². The molecule has 3 aromatic rings. The first-order valence-corrected chi connectivity index (χ1v) is 9.81. The summed E-state index contributed by atoms with van der Waals surface area (Å²) in [6.07, 6.45) is 0.0524. The van der Waals surface area contributed by atoms with Gasteiger partial charge in [0.1, 0.15) is 12.4 Å². The second-order valence-corrected chi connectivity index (χ2v) is 7.81. The molecular weight excluding hydrogens is 405 g/mol. The van der Waals surface area contributed by atoms with Crippen LogP contribution in [-0.4, -0.2) is 26.5 Å². The summed E-state index contributed by atoms with van der Waals surface area (Å²) in [5.74, 6) is -1.81. The van der Waals surface area contributed by atoms with Gasteiger partial charge >= 0.3 is 5.97 Å². The van der Waals surface area contributed by atoms with E-state index in [9.17, 15) is 23.9 Å². The van der Waals surface area contributed by atoms with E-state index in [0.717, 1.165) is 5.56 Å². The van der Waals surface area contributed by atoms with Gasteiger partial charge in [-0.1, -0.05) is 6.92 Å². The Hall–Kier alpha value is -3.59. The predicted molar refractivity (Wildman–Crippen MR) is 109 cm³/mol. The zero-order valence-corrected chi connectivity index (χ0v) is 16.8. The minimum atomic E-state index is -1.90. The molecule has 0 fully saturated rings. The van der Waals surface area contributed by atoms with E-state index >= 15 is 0 Å². The molecule has 2 aliphatic rings. The molecule has 0 bridgehead atoms. The molecule has 0 spiro atoms. The van der Waals surface area contributed by atoms with Gasteiger partial charge in [0.05, 0.1) is 34.7 Å².